The minimum atomic E-state index is -0.274. The van der Waals surface area contributed by atoms with Crippen LogP contribution in [0.3, 0.4) is 0 Å². The van der Waals surface area contributed by atoms with E-state index in [9.17, 15) is 4.39 Å². The first-order valence-corrected chi connectivity index (χ1v) is 6.88. The van der Waals surface area contributed by atoms with E-state index in [4.69, 9.17) is 0 Å². The Hall–Kier alpha value is -1.20. The van der Waals surface area contributed by atoms with E-state index in [2.05, 4.69) is 47.1 Å². The third-order valence-electron chi connectivity index (χ3n) is 2.63. The summed E-state index contributed by atoms with van der Waals surface area (Å²) in [5.74, 6) is -0.274. The maximum absolute atomic E-state index is 14.1. The number of hydrogen-bond donors (Lipinski definition) is 1. The Balaban J connectivity index is 2.18. The molecule has 5 heteroatoms. The summed E-state index contributed by atoms with van der Waals surface area (Å²) >= 11 is 3.30. The number of hydrogen-bond acceptors (Lipinski definition) is 2. The summed E-state index contributed by atoms with van der Waals surface area (Å²) in [6, 6.07) is 5.20. The van der Waals surface area contributed by atoms with Crippen LogP contribution in [-0.4, -0.2) is 15.3 Å². The summed E-state index contributed by atoms with van der Waals surface area (Å²) in [6.07, 6.45) is 3.36. The van der Waals surface area contributed by atoms with Crippen molar-refractivity contribution in [2.75, 3.05) is 0 Å². The molecule has 1 heterocycles. The van der Waals surface area contributed by atoms with Crippen molar-refractivity contribution in [3.8, 4) is 5.69 Å². The van der Waals surface area contributed by atoms with Crippen molar-refractivity contribution in [1.29, 1.82) is 0 Å². The van der Waals surface area contributed by atoms with E-state index in [0.29, 0.717) is 12.2 Å². The molecule has 2 rings (SSSR count). The number of nitrogens with zero attached hydrogens (tertiary/aromatic N) is 2. The summed E-state index contributed by atoms with van der Waals surface area (Å²) in [7, 11) is 0. The number of nitrogens with one attached hydrogen (secondary N) is 1. The molecular weight excluding hydrogens is 309 g/mol. The van der Waals surface area contributed by atoms with E-state index in [1.54, 1.807) is 24.5 Å². The highest BCUT2D eigenvalue weighted by atomic mass is 79.9. The first kappa shape index (κ1) is 14.2. The third-order valence-corrected chi connectivity index (χ3v) is 3.04. The van der Waals surface area contributed by atoms with Gasteiger partial charge in [0.2, 0.25) is 0 Å². The predicted octanol–water partition coefficient (Wildman–Crippen LogP) is 3.66. The molecule has 1 aromatic carbocycles. The summed E-state index contributed by atoms with van der Waals surface area (Å²) in [4.78, 5) is 0. The van der Waals surface area contributed by atoms with Gasteiger partial charge in [-0.15, -0.1) is 0 Å². The van der Waals surface area contributed by atoms with Gasteiger partial charge in [-0.05, 0) is 54.4 Å². The molecule has 2 aromatic rings. The van der Waals surface area contributed by atoms with Crippen LogP contribution in [0.2, 0.25) is 0 Å². The zero-order valence-electron chi connectivity index (χ0n) is 11.2. The summed E-state index contributed by atoms with van der Waals surface area (Å²) in [6.45, 7) is 6.89. The Morgan fingerprint density at radius 3 is 2.63 bits per heavy atom. The lowest BCUT2D eigenvalue weighted by atomic mass is 10.1. The van der Waals surface area contributed by atoms with E-state index >= 15 is 0 Å². The van der Waals surface area contributed by atoms with E-state index in [1.807, 2.05) is 6.07 Å². The number of halogens is 2. The van der Waals surface area contributed by atoms with Crippen LogP contribution in [0.15, 0.2) is 35.1 Å². The zero-order chi connectivity index (χ0) is 14.0. The lowest BCUT2D eigenvalue weighted by Crippen LogP contribution is -2.35. The Labute approximate surface area is 121 Å². The zero-order valence-corrected chi connectivity index (χ0v) is 12.8. The highest BCUT2D eigenvalue weighted by Gasteiger charge is 2.10. The molecule has 0 saturated heterocycles. The first-order chi connectivity index (χ1) is 8.85. The SMILES string of the molecule is CC(C)(C)NCc1ccc(-n2cc(Br)cn2)c(F)c1. The fourth-order valence-corrected chi connectivity index (χ4v) is 1.93. The van der Waals surface area contributed by atoms with Gasteiger partial charge in [-0.2, -0.15) is 5.10 Å². The van der Waals surface area contributed by atoms with E-state index in [-0.39, 0.29) is 11.4 Å². The molecule has 0 atom stereocenters. The number of benzene rings is 1. The minimum Gasteiger partial charge on any atom is -0.308 e. The highest BCUT2D eigenvalue weighted by Crippen LogP contribution is 2.17. The van der Waals surface area contributed by atoms with Crippen molar-refractivity contribution in [3.05, 3.63) is 46.4 Å². The van der Waals surface area contributed by atoms with Crippen molar-refractivity contribution >= 4 is 15.9 Å². The van der Waals surface area contributed by atoms with Crippen LogP contribution < -0.4 is 5.32 Å². The molecule has 0 aliphatic heterocycles. The average molecular weight is 326 g/mol. The molecule has 0 aliphatic carbocycles. The van der Waals surface area contributed by atoms with Gasteiger partial charge in [0, 0.05) is 18.3 Å². The van der Waals surface area contributed by atoms with Crippen LogP contribution in [0.4, 0.5) is 4.39 Å². The highest BCUT2D eigenvalue weighted by molar-refractivity contribution is 9.10. The summed E-state index contributed by atoms with van der Waals surface area (Å²) in [5.41, 5.74) is 1.38. The van der Waals surface area contributed by atoms with Gasteiger partial charge in [-0.25, -0.2) is 9.07 Å². The van der Waals surface area contributed by atoms with Crippen LogP contribution in [-0.2, 0) is 6.54 Å². The molecule has 0 bridgehead atoms. The molecular formula is C14H17BrFN3. The average Bonchev–Trinajstić information content (AvgIpc) is 2.72. The quantitative estimate of drug-likeness (QED) is 0.933. The van der Waals surface area contributed by atoms with Crippen LogP contribution in [0.1, 0.15) is 26.3 Å². The summed E-state index contributed by atoms with van der Waals surface area (Å²) in [5, 5.41) is 7.41. The predicted molar refractivity (Wildman–Crippen MR) is 77.8 cm³/mol. The third kappa shape index (κ3) is 3.88. The molecule has 1 N–H and O–H groups in total. The monoisotopic (exact) mass is 325 g/mol. The van der Waals surface area contributed by atoms with Gasteiger partial charge in [-0.3, -0.25) is 0 Å². The summed E-state index contributed by atoms with van der Waals surface area (Å²) < 4.78 is 16.4. The van der Waals surface area contributed by atoms with Crippen molar-refractivity contribution in [3.63, 3.8) is 0 Å². The van der Waals surface area contributed by atoms with Crippen molar-refractivity contribution < 1.29 is 4.39 Å². The fraction of sp³-hybridized carbons (Fsp3) is 0.357. The normalized spacial score (nSPS) is 11.8. The largest absolute Gasteiger partial charge is 0.308 e. The second kappa shape index (κ2) is 5.43. The standard InChI is InChI=1S/C14H17BrFN3/c1-14(2,3)17-7-10-4-5-13(12(16)6-10)19-9-11(15)8-18-19/h4-6,8-9,17H,7H2,1-3H3. The van der Waals surface area contributed by atoms with Gasteiger partial charge in [0.25, 0.3) is 0 Å². The van der Waals surface area contributed by atoms with Gasteiger partial charge in [0.05, 0.1) is 10.7 Å². The Morgan fingerprint density at radius 1 is 1.37 bits per heavy atom. The molecule has 0 saturated carbocycles. The van der Waals surface area contributed by atoms with Gasteiger partial charge in [0.15, 0.2) is 0 Å². The van der Waals surface area contributed by atoms with Gasteiger partial charge in [0.1, 0.15) is 11.5 Å². The molecule has 19 heavy (non-hydrogen) atoms. The van der Waals surface area contributed by atoms with Crippen molar-refractivity contribution in [2.24, 2.45) is 0 Å². The lowest BCUT2D eigenvalue weighted by Gasteiger charge is -2.20. The van der Waals surface area contributed by atoms with E-state index in [1.165, 1.54) is 4.68 Å². The maximum Gasteiger partial charge on any atom is 0.149 e. The fourth-order valence-electron chi connectivity index (χ4n) is 1.65. The second-order valence-corrected chi connectivity index (χ2v) is 6.41. The Morgan fingerprint density at radius 2 is 2.11 bits per heavy atom. The van der Waals surface area contributed by atoms with Gasteiger partial charge in [-0.1, -0.05) is 6.07 Å². The molecule has 0 unspecified atom stereocenters. The van der Waals surface area contributed by atoms with E-state index < -0.39 is 0 Å². The molecule has 0 amide bonds. The van der Waals surface area contributed by atoms with Gasteiger partial charge < -0.3 is 5.32 Å². The van der Waals surface area contributed by atoms with Crippen LogP contribution in [0, 0.1) is 5.82 Å². The van der Waals surface area contributed by atoms with Crippen molar-refractivity contribution in [1.82, 2.24) is 15.1 Å². The minimum absolute atomic E-state index is 0.0159. The molecule has 3 nitrogen and oxygen atoms in total. The van der Waals surface area contributed by atoms with Gasteiger partial charge >= 0.3 is 0 Å². The lowest BCUT2D eigenvalue weighted by molar-refractivity contribution is 0.423. The molecule has 0 spiro atoms. The van der Waals surface area contributed by atoms with E-state index in [0.717, 1.165) is 10.0 Å². The Kier molecular flexibility index (Phi) is 4.06. The number of aromatic nitrogens is 2. The second-order valence-electron chi connectivity index (χ2n) is 5.49. The van der Waals surface area contributed by atoms with Crippen LogP contribution >= 0.6 is 15.9 Å². The first-order valence-electron chi connectivity index (χ1n) is 6.09. The molecule has 0 aliphatic rings. The molecule has 102 valence electrons. The molecule has 1 aromatic heterocycles. The smallest absolute Gasteiger partial charge is 0.149 e. The number of rotatable bonds is 3. The molecule has 0 radical (unpaired) electrons. The Bertz CT molecular complexity index is 572. The maximum atomic E-state index is 14.1. The molecule has 0 fully saturated rings. The van der Waals surface area contributed by atoms with Crippen LogP contribution in [0.25, 0.3) is 5.69 Å². The van der Waals surface area contributed by atoms with Crippen molar-refractivity contribution in [2.45, 2.75) is 32.9 Å². The topological polar surface area (TPSA) is 29.9 Å². The van der Waals surface area contributed by atoms with Crippen LogP contribution in [0.5, 0.6) is 0 Å².